The average Bonchev–Trinajstić information content (AvgIpc) is 3.78. The molecule has 8 rings (SSSR count). The zero-order valence-electron chi connectivity index (χ0n) is 22.5. The maximum atomic E-state index is 14.7. The van der Waals surface area contributed by atoms with Crippen molar-refractivity contribution in [1.82, 2.24) is 0 Å². The lowest BCUT2D eigenvalue weighted by Crippen LogP contribution is -2.73. The van der Waals surface area contributed by atoms with E-state index in [2.05, 4.69) is 0 Å². The number of rotatable bonds is 4. The zero-order chi connectivity index (χ0) is 27.1. The van der Waals surface area contributed by atoms with Gasteiger partial charge < -0.3 is 18.9 Å². The standard InChI is InChI=1S/C30H32O8/c1-12(2)7-9-28-23(33)18-17-14(5)36-24(19(18)22(32)26(28)37-28)30-16(11-35-15(6)20(17)30)21(31)25-29(38-25,27(30)34)10-8-13(3)4/h7-8,11,14-15,17,20,24-26H,9-10H2,1-6H3/t14-,15+,17-,20-,24+,25-,26-,28+,29-,30+/m0/s1. The van der Waals surface area contributed by atoms with Crippen molar-refractivity contribution in [3.8, 4) is 0 Å². The van der Waals surface area contributed by atoms with Gasteiger partial charge in [0.25, 0.3) is 0 Å². The van der Waals surface area contributed by atoms with Gasteiger partial charge in [0.2, 0.25) is 0 Å². The average molecular weight is 521 g/mol. The molecule has 1 saturated carbocycles. The number of fused-ring (bicyclic) bond motifs is 3. The van der Waals surface area contributed by atoms with E-state index in [9.17, 15) is 19.2 Å². The van der Waals surface area contributed by atoms with Crippen LogP contribution in [0.2, 0.25) is 0 Å². The van der Waals surface area contributed by atoms with Crippen molar-refractivity contribution in [2.24, 2.45) is 17.3 Å². The summed E-state index contributed by atoms with van der Waals surface area (Å²) in [5.41, 5.74) is -1.10. The predicted molar refractivity (Wildman–Crippen MR) is 133 cm³/mol. The second-order valence-electron chi connectivity index (χ2n) is 12.5. The number of Topliss-reactive ketones (excluding diaryl/α,β-unsaturated/α-hetero) is 4. The van der Waals surface area contributed by atoms with E-state index in [0.717, 1.165) is 11.1 Å². The maximum Gasteiger partial charge on any atom is 0.195 e. The predicted octanol–water partition coefficient (Wildman–Crippen LogP) is 2.90. The van der Waals surface area contributed by atoms with Crippen molar-refractivity contribution in [1.29, 1.82) is 0 Å². The summed E-state index contributed by atoms with van der Waals surface area (Å²) in [6, 6.07) is 0. The van der Waals surface area contributed by atoms with E-state index < -0.39 is 59.0 Å². The summed E-state index contributed by atoms with van der Waals surface area (Å²) in [4.78, 5) is 56.6. The molecule has 10 atom stereocenters. The lowest BCUT2D eigenvalue weighted by molar-refractivity contribution is -0.206. The molecule has 8 nitrogen and oxygen atoms in total. The molecule has 5 heterocycles. The van der Waals surface area contributed by atoms with Crippen molar-refractivity contribution in [2.75, 3.05) is 0 Å². The molecule has 8 aliphatic rings. The van der Waals surface area contributed by atoms with Gasteiger partial charge in [-0.3, -0.25) is 19.2 Å². The lowest BCUT2D eigenvalue weighted by Gasteiger charge is -2.62. The summed E-state index contributed by atoms with van der Waals surface area (Å²) in [7, 11) is 0. The minimum absolute atomic E-state index is 0.202. The van der Waals surface area contributed by atoms with Crippen LogP contribution in [0.4, 0.5) is 0 Å². The van der Waals surface area contributed by atoms with E-state index in [0.29, 0.717) is 12.0 Å². The third-order valence-electron chi connectivity index (χ3n) is 9.83. The Bertz CT molecular complexity index is 1370. The minimum Gasteiger partial charge on any atom is -0.498 e. The number of epoxide rings is 2. The molecule has 200 valence electrons. The van der Waals surface area contributed by atoms with Gasteiger partial charge in [-0.1, -0.05) is 23.3 Å². The molecular weight excluding hydrogens is 488 g/mol. The van der Waals surface area contributed by atoms with Crippen LogP contribution in [0.25, 0.3) is 0 Å². The molecule has 1 spiro atoms. The fourth-order valence-corrected chi connectivity index (χ4v) is 8.01. The molecule has 5 aliphatic heterocycles. The number of carbonyl (C=O) groups is 4. The molecule has 0 unspecified atom stereocenters. The zero-order valence-corrected chi connectivity index (χ0v) is 22.5. The summed E-state index contributed by atoms with van der Waals surface area (Å²) in [5.74, 6) is -2.23. The van der Waals surface area contributed by atoms with E-state index in [1.54, 1.807) is 0 Å². The van der Waals surface area contributed by atoms with Gasteiger partial charge in [0.05, 0.1) is 18.5 Å². The number of ether oxygens (including phenoxy) is 4. The normalized spacial score (nSPS) is 47.1. The Morgan fingerprint density at radius 2 is 1.42 bits per heavy atom. The monoisotopic (exact) mass is 520 g/mol. The van der Waals surface area contributed by atoms with Crippen LogP contribution in [0.1, 0.15) is 54.4 Å². The lowest BCUT2D eigenvalue weighted by atomic mass is 9.44. The number of hydrogen-bond acceptors (Lipinski definition) is 8. The van der Waals surface area contributed by atoms with Gasteiger partial charge in [-0.15, -0.1) is 0 Å². The molecule has 3 saturated heterocycles. The Hall–Kier alpha value is -2.68. The smallest absolute Gasteiger partial charge is 0.195 e. The van der Waals surface area contributed by atoms with Gasteiger partial charge in [-0.2, -0.15) is 0 Å². The van der Waals surface area contributed by atoms with Crippen LogP contribution in [0, 0.1) is 17.3 Å². The summed E-state index contributed by atoms with van der Waals surface area (Å²) in [6.07, 6.45) is 2.00. The largest absolute Gasteiger partial charge is 0.498 e. The molecule has 2 bridgehead atoms. The quantitative estimate of drug-likeness (QED) is 0.411. The molecule has 38 heavy (non-hydrogen) atoms. The Morgan fingerprint density at radius 1 is 0.816 bits per heavy atom. The Labute approximate surface area is 221 Å². The number of allylic oxidation sites excluding steroid dienone is 2. The van der Waals surface area contributed by atoms with Gasteiger partial charge in [-0.25, -0.2) is 0 Å². The van der Waals surface area contributed by atoms with Crippen molar-refractivity contribution in [2.45, 2.75) is 96.1 Å². The van der Waals surface area contributed by atoms with Crippen LogP contribution < -0.4 is 0 Å². The number of carbonyl (C=O) groups excluding carboxylic acids is 4. The van der Waals surface area contributed by atoms with E-state index in [1.807, 2.05) is 53.7 Å². The van der Waals surface area contributed by atoms with Crippen molar-refractivity contribution in [3.05, 3.63) is 46.3 Å². The third kappa shape index (κ3) is 2.57. The van der Waals surface area contributed by atoms with Crippen LogP contribution >= 0.6 is 0 Å². The Kier molecular flexibility index (Phi) is 4.67. The first-order valence-corrected chi connectivity index (χ1v) is 13.5. The number of ketones is 4. The highest BCUT2D eigenvalue weighted by molar-refractivity contribution is 6.25. The molecule has 0 amide bonds. The van der Waals surface area contributed by atoms with Crippen molar-refractivity contribution in [3.63, 3.8) is 0 Å². The maximum absolute atomic E-state index is 14.7. The number of hydrogen-bond donors (Lipinski definition) is 0. The Morgan fingerprint density at radius 3 is 2.08 bits per heavy atom. The molecule has 0 aromatic heterocycles. The summed E-state index contributed by atoms with van der Waals surface area (Å²) < 4.78 is 24.3. The molecule has 0 radical (unpaired) electrons. The van der Waals surface area contributed by atoms with Gasteiger partial charge in [0, 0.05) is 41.4 Å². The molecule has 8 heteroatoms. The molecule has 0 N–H and O–H groups in total. The van der Waals surface area contributed by atoms with E-state index in [-0.39, 0.29) is 40.7 Å². The van der Waals surface area contributed by atoms with Gasteiger partial charge in [-0.05, 0) is 41.5 Å². The van der Waals surface area contributed by atoms with Gasteiger partial charge in [0.1, 0.15) is 11.5 Å². The first-order valence-electron chi connectivity index (χ1n) is 13.5. The fraction of sp³-hybridized carbons (Fsp3) is 0.600. The topological polar surface area (TPSA) is 112 Å². The van der Waals surface area contributed by atoms with Gasteiger partial charge in [0.15, 0.2) is 46.5 Å². The van der Waals surface area contributed by atoms with Crippen LogP contribution in [0.3, 0.4) is 0 Å². The van der Waals surface area contributed by atoms with Crippen molar-refractivity contribution < 1.29 is 38.1 Å². The van der Waals surface area contributed by atoms with E-state index in [4.69, 9.17) is 18.9 Å². The van der Waals surface area contributed by atoms with Crippen molar-refractivity contribution >= 4 is 23.1 Å². The van der Waals surface area contributed by atoms with E-state index >= 15 is 0 Å². The summed E-state index contributed by atoms with van der Waals surface area (Å²) in [6.45, 7) is 11.5. The highest BCUT2D eigenvalue weighted by atomic mass is 16.6. The minimum atomic E-state index is -1.46. The molecule has 0 aromatic carbocycles. The van der Waals surface area contributed by atoms with Crippen LogP contribution in [0.15, 0.2) is 46.3 Å². The third-order valence-corrected chi connectivity index (χ3v) is 9.83. The first kappa shape index (κ1) is 24.4. The molecule has 0 aromatic rings. The highest BCUT2D eigenvalue weighted by Gasteiger charge is 2.84. The summed E-state index contributed by atoms with van der Waals surface area (Å²) >= 11 is 0. The summed E-state index contributed by atoms with van der Waals surface area (Å²) in [5, 5.41) is 0. The Balaban J connectivity index is 1.43. The fourth-order valence-electron chi connectivity index (χ4n) is 8.01. The second kappa shape index (κ2) is 7.29. The molecule has 3 aliphatic carbocycles. The van der Waals surface area contributed by atoms with E-state index in [1.165, 1.54) is 6.26 Å². The van der Waals surface area contributed by atoms with Crippen LogP contribution in [0.5, 0.6) is 0 Å². The van der Waals surface area contributed by atoms with Crippen LogP contribution in [-0.2, 0) is 38.1 Å². The molecular formula is C30H32O8. The highest BCUT2D eigenvalue weighted by Crippen LogP contribution is 2.70. The molecule has 4 fully saturated rings. The van der Waals surface area contributed by atoms with Crippen LogP contribution in [-0.4, -0.2) is 64.9 Å². The SMILES string of the molecule is CC(C)=CC[C@]12O[C@H]1C(=O)C1=C(C2=O)[C@H]2[C@@H]3[C@@H](C)OC=C4C(=O)[C@@H]5O[C@]5(CC=C(C)C)C(=O)[C@]43[C@@H]1O[C@H]2C. The van der Waals surface area contributed by atoms with Gasteiger partial charge >= 0.3 is 0 Å². The second-order valence-corrected chi connectivity index (χ2v) is 12.5. The first-order chi connectivity index (χ1) is 17.9.